The lowest BCUT2D eigenvalue weighted by Crippen LogP contribution is -2.12. The summed E-state index contributed by atoms with van der Waals surface area (Å²) in [6.45, 7) is 7.26. The molecule has 0 aliphatic carbocycles. The molecule has 0 radical (unpaired) electrons. The molecule has 0 saturated carbocycles. The van der Waals surface area contributed by atoms with Gasteiger partial charge >= 0.3 is 23.9 Å². The summed E-state index contributed by atoms with van der Waals surface area (Å²) in [7, 11) is 0. The van der Waals surface area contributed by atoms with E-state index >= 15 is 0 Å². The van der Waals surface area contributed by atoms with E-state index in [2.05, 4.69) is 18.9 Å². The Labute approximate surface area is 343 Å². The van der Waals surface area contributed by atoms with E-state index in [9.17, 15) is 58.7 Å². The van der Waals surface area contributed by atoms with Crippen molar-refractivity contribution in [2.24, 2.45) is 0 Å². The maximum Gasteiger partial charge on any atom is 0.346 e. The van der Waals surface area contributed by atoms with Crippen molar-refractivity contribution in [1.29, 1.82) is 0 Å². The number of rotatable bonds is 16. The number of carbonyl (C=O) groups is 4. The normalized spacial score (nSPS) is 10.1. The summed E-state index contributed by atoms with van der Waals surface area (Å²) in [5.74, 6) is -13.8. The zero-order chi connectivity index (χ0) is 45.9. The number of esters is 4. The minimum Gasteiger partial charge on any atom is -0.435 e. The zero-order valence-electron chi connectivity index (χ0n) is 32.8. The highest BCUT2D eigenvalue weighted by Crippen LogP contribution is 2.16. The summed E-state index contributed by atoms with van der Waals surface area (Å²) in [5, 5.41) is 0. The molecule has 12 nitrogen and oxygen atoms in total. The summed E-state index contributed by atoms with van der Waals surface area (Å²) in [6, 6.07) is 9.70. The summed E-state index contributed by atoms with van der Waals surface area (Å²) in [5.41, 5.74) is -1.46. The van der Waals surface area contributed by atoms with Gasteiger partial charge in [0.2, 0.25) is 0 Å². The third-order valence-electron chi connectivity index (χ3n) is 6.60. The Morgan fingerprint density at radius 2 is 0.836 bits per heavy atom. The maximum atomic E-state index is 13.0. The van der Waals surface area contributed by atoms with E-state index in [1.165, 1.54) is 6.07 Å². The smallest absolute Gasteiger partial charge is 0.346 e. The van der Waals surface area contributed by atoms with E-state index in [0.717, 1.165) is 42.5 Å². The molecule has 0 saturated heterocycles. The predicted molar refractivity (Wildman–Crippen MR) is 193 cm³/mol. The Balaban J connectivity index is 0.000000407. The number of halogens is 9. The second-order valence-electron chi connectivity index (χ2n) is 10.8. The van der Waals surface area contributed by atoms with Gasteiger partial charge in [-0.2, -0.15) is 0 Å². The molecule has 4 rings (SSSR count). The molecule has 4 aromatic rings. The van der Waals surface area contributed by atoms with Crippen molar-refractivity contribution in [3.05, 3.63) is 141 Å². The first-order chi connectivity index (χ1) is 29.0. The molecule has 4 aromatic carbocycles. The van der Waals surface area contributed by atoms with Crippen LogP contribution in [0.15, 0.2) is 66.7 Å². The Hall–Kier alpha value is -6.03. The summed E-state index contributed by atoms with van der Waals surface area (Å²) >= 11 is 0. The Kier molecular flexibility index (Phi) is 25.4. The summed E-state index contributed by atoms with van der Waals surface area (Å²) in [4.78, 5) is 44.7. The van der Waals surface area contributed by atoms with Crippen molar-refractivity contribution in [2.75, 3.05) is 53.6 Å². The van der Waals surface area contributed by atoms with Gasteiger partial charge in [-0.15, -0.1) is 0 Å². The quantitative estimate of drug-likeness (QED) is 0.0266. The van der Waals surface area contributed by atoms with Crippen molar-refractivity contribution >= 4 is 23.9 Å². The largest absolute Gasteiger partial charge is 0.435 e. The predicted octanol–water partition coefficient (Wildman–Crippen LogP) is 8.60. The van der Waals surface area contributed by atoms with Crippen molar-refractivity contribution in [2.45, 2.75) is 27.7 Å². The van der Waals surface area contributed by atoms with Gasteiger partial charge < -0.3 is 37.9 Å². The summed E-state index contributed by atoms with van der Waals surface area (Å²) in [6.07, 6.45) is 0. The average molecular weight is 883 g/mol. The van der Waals surface area contributed by atoms with Crippen LogP contribution in [-0.4, -0.2) is 77.5 Å². The van der Waals surface area contributed by atoms with E-state index in [1.54, 1.807) is 27.7 Å². The van der Waals surface area contributed by atoms with Gasteiger partial charge in [0.05, 0.1) is 16.7 Å². The molecule has 0 heterocycles. The van der Waals surface area contributed by atoms with Gasteiger partial charge in [-0.05, 0) is 82.3 Å². The first-order valence-corrected chi connectivity index (χ1v) is 17.5. The number of carbonyl (C=O) groups excluding carboxylic acids is 4. The lowest BCUT2D eigenvalue weighted by Gasteiger charge is -2.05. The number of hydrogen-bond donors (Lipinski definition) is 0. The van der Waals surface area contributed by atoms with Gasteiger partial charge in [0.1, 0.15) is 28.8 Å². The van der Waals surface area contributed by atoms with Crippen molar-refractivity contribution < 1.29 is 96.6 Å². The molecule has 0 atom stereocenters. The standard InChI is InChI=1S/C10H9F3O3.3C10H10F2O3/c1-2-15-5-16-10(14)6-3-7(11)9(13)8(12)4-6;1-2-14-6-15-10(13)8-4-3-7(11)5-9(8)12;1-2-14-6-15-10(13)7-3-4-8(11)9(12)5-7;1-2-14-6-15-10(13)9-7(11)4-3-5-8(9)12/h3-4H,2,5H2,1H3;3*3-5H,2,6H2,1H3. The number of hydrogen-bond acceptors (Lipinski definition) is 12. The van der Waals surface area contributed by atoms with Gasteiger partial charge in [-0.25, -0.2) is 58.7 Å². The third kappa shape index (κ3) is 19.7. The summed E-state index contributed by atoms with van der Waals surface area (Å²) < 4.78 is 152. The van der Waals surface area contributed by atoms with Crippen LogP contribution < -0.4 is 0 Å². The van der Waals surface area contributed by atoms with Crippen LogP contribution in [-0.2, 0) is 37.9 Å². The third-order valence-corrected chi connectivity index (χ3v) is 6.60. The molecule has 21 heteroatoms. The topological polar surface area (TPSA) is 142 Å². The van der Waals surface area contributed by atoms with Gasteiger partial charge in [0.15, 0.2) is 56.3 Å². The first-order valence-electron chi connectivity index (χ1n) is 17.5. The van der Waals surface area contributed by atoms with Crippen LogP contribution in [0.2, 0.25) is 0 Å². The van der Waals surface area contributed by atoms with E-state index in [1.807, 2.05) is 0 Å². The monoisotopic (exact) mass is 882 g/mol. The number of ether oxygens (including phenoxy) is 8. The van der Waals surface area contributed by atoms with E-state index in [-0.39, 0.29) is 38.3 Å². The highest BCUT2D eigenvalue weighted by molar-refractivity contribution is 5.91. The van der Waals surface area contributed by atoms with Crippen LogP contribution in [0.25, 0.3) is 0 Å². The first kappa shape index (κ1) is 53.0. The van der Waals surface area contributed by atoms with Crippen LogP contribution in [0.3, 0.4) is 0 Å². The van der Waals surface area contributed by atoms with Crippen LogP contribution in [0.1, 0.15) is 69.1 Å². The van der Waals surface area contributed by atoms with Crippen LogP contribution >= 0.6 is 0 Å². The zero-order valence-corrected chi connectivity index (χ0v) is 32.8. The van der Waals surface area contributed by atoms with Crippen LogP contribution in [0.5, 0.6) is 0 Å². The second-order valence-corrected chi connectivity index (χ2v) is 10.8. The van der Waals surface area contributed by atoms with Crippen LogP contribution in [0, 0.1) is 52.4 Å². The fraction of sp³-hybridized carbons (Fsp3) is 0.300. The molecule has 61 heavy (non-hydrogen) atoms. The van der Waals surface area contributed by atoms with Crippen molar-refractivity contribution in [1.82, 2.24) is 0 Å². The van der Waals surface area contributed by atoms with E-state index in [0.29, 0.717) is 44.6 Å². The molecular formula is C40H39F9O12. The minimum atomic E-state index is -1.62. The van der Waals surface area contributed by atoms with Gasteiger partial charge in [0.25, 0.3) is 0 Å². The lowest BCUT2D eigenvalue weighted by atomic mass is 10.2. The average Bonchev–Trinajstić information content (AvgIpc) is 3.21. The SMILES string of the molecule is CCOCOC(=O)c1c(F)cccc1F.CCOCOC(=O)c1cc(F)c(F)c(F)c1.CCOCOC(=O)c1ccc(F)c(F)c1.CCOCOC(=O)c1ccc(F)cc1F. The minimum absolute atomic E-state index is 0.0476. The molecule has 0 N–H and O–H groups in total. The highest BCUT2D eigenvalue weighted by Gasteiger charge is 2.19. The van der Waals surface area contributed by atoms with Gasteiger partial charge in [-0.3, -0.25) is 0 Å². The van der Waals surface area contributed by atoms with E-state index < -0.39 is 87.4 Å². The maximum absolute atomic E-state index is 13.0. The van der Waals surface area contributed by atoms with Gasteiger partial charge in [-0.1, -0.05) is 6.07 Å². The highest BCUT2D eigenvalue weighted by atomic mass is 19.2. The lowest BCUT2D eigenvalue weighted by molar-refractivity contribution is -0.0287. The molecule has 0 fully saturated rings. The Morgan fingerprint density at radius 3 is 1.28 bits per heavy atom. The van der Waals surface area contributed by atoms with Gasteiger partial charge in [0, 0.05) is 32.5 Å². The fourth-order valence-electron chi connectivity index (χ4n) is 3.67. The molecule has 0 amide bonds. The van der Waals surface area contributed by atoms with Crippen molar-refractivity contribution in [3.8, 4) is 0 Å². The molecule has 0 bridgehead atoms. The van der Waals surface area contributed by atoms with Crippen LogP contribution in [0.4, 0.5) is 39.5 Å². The molecule has 334 valence electrons. The molecule has 0 unspecified atom stereocenters. The Morgan fingerprint density at radius 1 is 0.410 bits per heavy atom. The second kappa shape index (κ2) is 29.2. The Bertz CT molecular complexity index is 1980. The molecular weight excluding hydrogens is 843 g/mol. The fourth-order valence-corrected chi connectivity index (χ4v) is 3.67. The molecule has 0 aliphatic heterocycles. The van der Waals surface area contributed by atoms with Crippen molar-refractivity contribution in [3.63, 3.8) is 0 Å². The number of benzene rings is 4. The molecule has 0 spiro atoms. The molecule has 0 aliphatic rings. The molecule has 0 aromatic heterocycles. The van der Waals surface area contributed by atoms with E-state index in [4.69, 9.17) is 18.9 Å².